The number of halogens is 3. The average molecular weight is 409 g/mol. The van der Waals surface area contributed by atoms with Crippen LogP contribution < -0.4 is 5.32 Å². The first-order valence-electron chi connectivity index (χ1n) is 9.84. The summed E-state index contributed by atoms with van der Waals surface area (Å²) in [5.74, 6) is 0.241. The second kappa shape index (κ2) is 5.97. The van der Waals surface area contributed by atoms with Crippen LogP contribution in [0.5, 0.6) is 0 Å². The molecule has 0 spiro atoms. The van der Waals surface area contributed by atoms with E-state index in [1.807, 2.05) is 10.6 Å². The van der Waals surface area contributed by atoms with E-state index in [4.69, 9.17) is 0 Å². The lowest BCUT2D eigenvalue weighted by Crippen LogP contribution is -2.59. The minimum atomic E-state index is -4.47. The molecule has 0 saturated heterocycles. The average Bonchev–Trinajstić information content (AvgIpc) is 2.79. The van der Waals surface area contributed by atoms with Gasteiger partial charge in [-0.2, -0.15) is 13.2 Å². The lowest BCUT2D eigenvalue weighted by molar-refractivity contribution is -0.213. The number of anilines is 1. The molecule has 0 radical (unpaired) electrons. The Labute approximate surface area is 167 Å². The summed E-state index contributed by atoms with van der Waals surface area (Å²) in [4.78, 5) is 17.0. The molecule has 0 aliphatic heterocycles. The molecule has 5 nitrogen and oxygen atoms in total. The van der Waals surface area contributed by atoms with Crippen LogP contribution in [0.1, 0.15) is 58.9 Å². The van der Waals surface area contributed by atoms with Crippen LogP contribution in [-0.4, -0.2) is 26.7 Å². The normalized spacial score (nSPS) is 24.2. The van der Waals surface area contributed by atoms with Crippen LogP contribution >= 0.6 is 0 Å². The van der Waals surface area contributed by atoms with Gasteiger partial charge in [0.05, 0.1) is 22.0 Å². The lowest BCUT2D eigenvalue weighted by Gasteiger charge is -2.62. The molecule has 3 fully saturated rings. The maximum atomic E-state index is 13.2. The summed E-state index contributed by atoms with van der Waals surface area (Å²) < 4.78 is 41.5. The van der Waals surface area contributed by atoms with Gasteiger partial charge in [-0.1, -0.05) is 19.9 Å². The van der Waals surface area contributed by atoms with Crippen LogP contribution in [0.4, 0.5) is 19.1 Å². The molecule has 29 heavy (non-hydrogen) atoms. The van der Waals surface area contributed by atoms with Crippen molar-refractivity contribution in [1.82, 2.24) is 9.55 Å². The zero-order valence-electron chi connectivity index (χ0n) is 17.0. The fourth-order valence-electron chi connectivity index (χ4n) is 4.40. The van der Waals surface area contributed by atoms with Crippen molar-refractivity contribution in [2.45, 2.75) is 70.7 Å². The number of aliphatic hydroxyl groups is 1. The highest BCUT2D eigenvalue weighted by atomic mass is 19.4. The molecule has 1 amide bonds. The highest BCUT2D eigenvalue weighted by Crippen LogP contribution is 2.63. The third kappa shape index (κ3) is 3.21. The predicted molar refractivity (Wildman–Crippen MR) is 103 cm³/mol. The zero-order valence-corrected chi connectivity index (χ0v) is 17.0. The van der Waals surface area contributed by atoms with Gasteiger partial charge >= 0.3 is 6.18 Å². The largest absolute Gasteiger partial charge is 0.394 e. The Hall–Kier alpha value is -2.09. The summed E-state index contributed by atoms with van der Waals surface area (Å²) in [5, 5.41) is 13.0. The Balaban J connectivity index is 1.71. The van der Waals surface area contributed by atoms with Crippen LogP contribution in [0.15, 0.2) is 18.2 Å². The van der Waals surface area contributed by atoms with Crippen molar-refractivity contribution in [2.24, 2.45) is 11.3 Å². The van der Waals surface area contributed by atoms with Gasteiger partial charge in [0.25, 0.3) is 0 Å². The summed E-state index contributed by atoms with van der Waals surface area (Å²) in [7, 11) is 0. The monoisotopic (exact) mass is 409 g/mol. The number of fused-ring (bicyclic) bond motifs is 1. The number of imidazole rings is 1. The van der Waals surface area contributed by atoms with E-state index in [9.17, 15) is 23.1 Å². The molecule has 2 N–H and O–H groups in total. The van der Waals surface area contributed by atoms with Gasteiger partial charge in [-0.15, -0.1) is 0 Å². The molecule has 1 aromatic heterocycles. The van der Waals surface area contributed by atoms with Crippen molar-refractivity contribution in [1.29, 1.82) is 0 Å². The Bertz CT molecular complexity index is 968. The van der Waals surface area contributed by atoms with Gasteiger partial charge < -0.3 is 9.67 Å². The first-order valence-corrected chi connectivity index (χ1v) is 9.84. The maximum Gasteiger partial charge on any atom is 0.394 e. The summed E-state index contributed by atoms with van der Waals surface area (Å²) in [6.07, 6.45) is -2.23. The number of nitrogens with one attached hydrogen (secondary N) is 1. The van der Waals surface area contributed by atoms with Crippen molar-refractivity contribution in [3.8, 4) is 0 Å². The number of alkyl halides is 3. The molecule has 3 aliphatic rings. The van der Waals surface area contributed by atoms with Crippen molar-refractivity contribution >= 4 is 22.9 Å². The van der Waals surface area contributed by atoms with Crippen molar-refractivity contribution in [2.75, 3.05) is 5.32 Å². The van der Waals surface area contributed by atoms with E-state index >= 15 is 0 Å². The molecule has 2 aromatic rings. The number of amides is 1. The van der Waals surface area contributed by atoms with E-state index < -0.39 is 29.5 Å². The molecule has 2 bridgehead atoms. The second-order valence-corrected chi connectivity index (χ2v) is 9.84. The zero-order chi connectivity index (χ0) is 21.4. The molecule has 158 valence electrons. The van der Waals surface area contributed by atoms with Crippen LogP contribution in [-0.2, 0) is 15.9 Å². The summed E-state index contributed by atoms with van der Waals surface area (Å²) in [5.41, 5.74) is -1.16. The Kier molecular flexibility index (Phi) is 4.15. The van der Waals surface area contributed by atoms with Crippen molar-refractivity contribution in [3.63, 3.8) is 0 Å². The Morgan fingerprint density at radius 1 is 1.24 bits per heavy atom. The van der Waals surface area contributed by atoms with E-state index in [0.29, 0.717) is 17.0 Å². The third-order valence-corrected chi connectivity index (χ3v) is 6.46. The highest BCUT2D eigenvalue weighted by molar-refractivity contribution is 5.92. The standard InChI is InChI=1S/C21H26F3N3O2/c1-18(2,21(22,23)24)11-16(28)26-17-25-14-6-5-13(19(3,4)29)7-15(14)27(17)20-8-12(9-20)10-20/h5-7,12,29H,8-11H2,1-4H3,(H,25,26,28). The quantitative estimate of drug-likeness (QED) is 0.753. The van der Waals surface area contributed by atoms with Gasteiger partial charge in [-0.25, -0.2) is 4.98 Å². The highest BCUT2D eigenvalue weighted by Gasteiger charge is 2.59. The fraction of sp³-hybridized carbons (Fsp3) is 0.619. The molecular weight excluding hydrogens is 383 g/mol. The number of rotatable bonds is 5. The maximum absolute atomic E-state index is 13.2. The fourth-order valence-corrected chi connectivity index (χ4v) is 4.40. The number of hydrogen-bond acceptors (Lipinski definition) is 3. The molecule has 3 aliphatic carbocycles. The first-order chi connectivity index (χ1) is 13.2. The first kappa shape index (κ1) is 20.2. The summed E-state index contributed by atoms with van der Waals surface area (Å²) in [6, 6.07) is 5.41. The number of carbonyl (C=O) groups excluding carboxylic acids is 1. The van der Waals surface area contributed by atoms with Gasteiger partial charge in [0.15, 0.2) is 0 Å². The Morgan fingerprint density at radius 3 is 2.34 bits per heavy atom. The number of aromatic nitrogens is 2. The van der Waals surface area contributed by atoms with E-state index in [1.54, 1.807) is 26.0 Å². The minimum absolute atomic E-state index is 0.139. The van der Waals surface area contributed by atoms with Crippen molar-refractivity contribution in [3.05, 3.63) is 23.8 Å². The smallest absolute Gasteiger partial charge is 0.386 e. The minimum Gasteiger partial charge on any atom is -0.386 e. The molecule has 0 atom stereocenters. The van der Waals surface area contributed by atoms with Gasteiger partial charge in [-0.05, 0) is 56.7 Å². The Morgan fingerprint density at radius 2 is 1.86 bits per heavy atom. The van der Waals surface area contributed by atoms with Crippen molar-refractivity contribution < 1.29 is 23.1 Å². The number of hydrogen-bond donors (Lipinski definition) is 2. The van der Waals surface area contributed by atoms with Crippen LogP contribution in [0.3, 0.4) is 0 Å². The molecule has 1 aromatic carbocycles. The molecule has 8 heteroatoms. The van der Waals surface area contributed by atoms with Crippen LogP contribution in [0.2, 0.25) is 0 Å². The van der Waals surface area contributed by atoms with Gasteiger partial charge in [0.1, 0.15) is 0 Å². The van der Waals surface area contributed by atoms with Gasteiger partial charge in [-0.3, -0.25) is 10.1 Å². The van der Waals surface area contributed by atoms with E-state index in [1.165, 1.54) is 0 Å². The molecule has 1 heterocycles. The van der Waals surface area contributed by atoms with E-state index in [2.05, 4.69) is 10.3 Å². The summed E-state index contributed by atoms with van der Waals surface area (Å²) >= 11 is 0. The third-order valence-electron chi connectivity index (χ3n) is 6.46. The predicted octanol–water partition coefficient (Wildman–Crippen LogP) is 4.69. The molecular formula is C21H26F3N3O2. The summed E-state index contributed by atoms with van der Waals surface area (Å²) in [6.45, 7) is 5.42. The lowest BCUT2D eigenvalue weighted by atomic mass is 9.49. The van der Waals surface area contributed by atoms with Gasteiger partial charge in [0, 0.05) is 12.0 Å². The van der Waals surface area contributed by atoms with Gasteiger partial charge in [0.2, 0.25) is 11.9 Å². The molecule has 5 rings (SSSR count). The van der Waals surface area contributed by atoms with Crippen LogP contribution in [0, 0.1) is 11.3 Å². The second-order valence-electron chi connectivity index (χ2n) is 9.84. The molecule has 0 unspecified atom stereocenters. The number of nitrogens with zero attached hydrogens (tertiary/aromatic N) is 2. The SMILES string of the molecule is CC(C)(O)c1ccc2nc(NC(=O)CC(C)(C)C(F)(F)F)n(C34CC(C3)C4)c2c1. The van der Waals surface area contributed by atoms with E-state index in [0.717, 1.165) is 38.6 Å². The van der Waals surface area contributed by atoms with E-state index in [-0.39, 0.29) is 11.5 Å². The number of carbonyl (C=O) groups is 1. The topological polar surface area (TPSA) is 67.2 Å². The van der Waals surface area contributed by atoms with Crippen LogP contribution in [0.25, 0.3) is 11.0 Å². The number of benzene rings is 1. The molecule has 3 saturated carbocycles.